The summed E-state index contributed by atoms with van der Waals surface area (Å²) in [6, 6.07) is 9.47. The largest absolute Gasteiger partial charge is 0.481 e. The van der Waals surface area contributed by atoms with Gasteiger partial charge in [0.1, 0.15) is 6.54 Å². The van der Waals surface area contributed by atoms with Crippen LogP contribution in [0.15, 0.2) is 30.3 Å². The van der Waals surface area contributed by atoms with Gasteiger partial charge in [-0.25, -0.2) is 4.98 Å². The number of aryl methyl sites for hydroxylation is 1. The Hall–Kier alpha value is -2.89. The zero-order valence-corrected chi connectivity index (χ0v) is 15.4. The average Bonchev–Trinajstić information content (AvgIpc) is 2.72. The quantitative estimate of drug-likeness (QED) is 0.789. The summed E-state index contributed by atoms with van der Waals surface area (Å²) >= 11 is 0. The Morgan fingerprint density at radius 1 is 1.31 bits per heavy atom. The minimum absolute atomic E-state index is 0.148. The van der Waals surface area contributed by atoms with Crippen molar-refractivity contribution in [3.05, 3.63) is 41.6 Å². The minimum atomic E-state index is -0.446. The molecule has 0 N–H and O–H groups in total. The Balaban J connectivity index is 2.25. The van der Waals surface area contributed by atoms with Crippen LogP contribution in [-0.4, -0.2) is 37.1 Å². The number of rotatable bonds is 4. The van der Waals surface area contributed by atoms with Crippen molar-refractivity contribution in [1.82, 2.24) is 4.98 Å². The first-order valence-corrected chi connectivity index (χ1v) is 8.59. The number of carbonyl (C=O) groups excluding carboxylic acids is 2. The maximum absolute atomic E-state index is 13.2. The number of methoxy groups -OCH3 is 1. The molecule has 1 aromatic heterocycles. The normalized spacial score (nSPS) is 15.8. The van der Waals surface area contributed by atoms with Crippen LogP contribution in [0.5, 0.6) is 5.88 Å². The molecule has 2 aromatic rings. The van der Waals surface area contributed by atoms with Crippen LogP contribution in [-0.2, 0) is 14.3 Å². The lowest BCUT2D eigenvalue weighted by atomic mass is 9.92. The van der Waals surface area contributed by atoms with E-state index in [0.29, 0.717) is 11.6 Å². The summed E-state index contributed by atoms with van der Waals surface area (Å²) in [6.07, 6.45) is 0. The van der Waals surface area contributed by atoms with Crippen LogP contribution in [0.25, 0.3) is 11.1 Å². The molecule has 1 unspecified atom stereocenters. The number of carbonyl (C=O) groups is 2. The summed E-state index contributed by atoms with van der Waals surface area (Å²) in [7, 11) is 1.53. The topological polar surface area (TPSA) is 68.7 Å². The Bertz CT molecular complexity index is 863. The predicted octanol–water partition coefficient (Wildman–Crippen LogP) is 3.08. The number of aromatic nitrogens is 1. The molecule has 0 spiro atoms. The molecule has 1 aromatic carbocycles. The molecule has 1 amide bonds. The van der Waals surface area contributed by atoms with Gasteiger partial charge in [-0.2, -0.15) is 0 Å². The Kier molecular flexibility index (Phi) is 4.93. The molecule has 2 heterocycles. The zero-order chi connectivity index (χ0) is 18.8. The number of ether oxygens (including phenoxy) is 2. The third kappa shape index (κ3) is 3.03. The van der Waals surface area contributed by atoms with Crippen LogP contribution >= 0.6 is 0 Å². The molecule has 0 radical (unpaired) electrons. The highest BCUT2D eigenvalue weighted by Gasteiger charge is 2.34. The van der Waals surface area contributed by atoms with Crippen molar-refractivity contribution in [3.63, 3.8) is 0 Å². The van der Waals surface area contributed by atoms with Gasteiger partial charge >= 0.3 is 5.97 Å². The third-order valence-electron chi connectivity index (χ3n) is 4.58. The number of nitrogens with zero attached hydrogens (tertiary/aromatic N) is 2. The highest BCUT2D eigenvalue weighted by Crippen LogP contribution is 2.43. The summed E-state index contributed by atoms with van der Waals surface area (Å²) in [6.45, 7) is 5.59. The molecule has 0 saturated carbocycles. The van der Waals surface area contributed by atoms with Crippen molar-refractivity contribution >= 4 is 17.6 Å². The third-order valence-corrected chi connectivity index (χ3v) is 4.58. The first-order chi connectivity index (χ1) is 12.5. The van der Waals surface area contributed by atoms with E-state index in [9.17, 15) is 9.59 Å². The van der Waals surface area contributed by atoms with Gasteiger partial charge in [-0.15, -0.1) is 0 Å². The standard InChI is InChI=1S/C20H22N2O4/c1-5-26-18(23)11-22-16-10-17(25-4)21-13(3)19(16)15-9-7-6-8-14(15)12(2)20(22)24/h6-10,12H,5,11H2,1-4H3. The van der Waals surface area contributed by atoms with E-state index in [-0.39, 0.29) is 19.1 Å². The Labute approximate surface area is 152 Å². The molecule has 1 atom stereocenters. The van der Waals surface area contributed by atoms with Gasteiger partial charge in [-0.05, 0) is 31.9 Å². The molecule has 1 aliphatic heterocycles. The van der Waals surface area contributed by atoms with E-state index in [4.69, 9.17) is 9.47 Å². The predicted molar refractivity (Wildman–Crippen MR) is 98.4 cm³/mol. The summed E-state index contributed by atoms with van der Waals surface area (Å²) in [4.78, 5) is 31.3. The van der Waals surface area contributed by atoms with Gasteiger partial charge in [0.05, 0.1) is 31.0 Å². The van der Waals surface area contributed by atoms with E-state index >= 15 is 0 Å². The van der Waals surface area contributed by atoms with E-state index in [1.165, 1.54) is 12.0 Å². The lowest BCUT2D eigenvalue weighted by molar-refractivity contribution is -0.142. The summed E-state index contributed by atoms with van der Waals surface area (Å²) in [5.41, 5.74) is 4.05. The maximum Gasteiger partial charge on any atom is 0.326 e. The summed E-state index contributed by atoms with van der Waals surface area (Å²) in [5, 5.41) is 0. The second kappa shape index (κ2) is 7.15. The zero-order valence-electron chi connectivity index (χ0n) is 15.4. The molecule has 0 bridgehead atoms. The molecule has 6 nitrogen and oxygen atoms in total. The first-order valence-electron chi connectivity index (χ1n) is 8.59. The molecule has 0 fully saturated rings. The van der Waals surface area contributed by atoms with Gasteiger partial charge in [-0.3, -0.25) is 14.5 Å². The molecule has 0 aliphatic carbocycles. The lowest BCUT2D eigenvalue weighted by Crippen LogP contribution is -2.38. The van der Waals surface area contributed by atoms with Crippen molar-refractivity contribution in [2.24, 2.45) is 0 Å². The van der Waals surface area contributed by atoms with E-state index in [1.54, 1.807) is 13.0 Å². The number of esters is 1. The fraction of sp³-hybridized carbons (Fsp3) is 0.350. The van der Waals surface area contributed by atoms with E-state index < -0.39 is 11.9 Å². The highest BCUT2D eigenvalue weighted by molar-refractivity contribution is 6.07. The van der Waals surface area contributed by atoms with E-state index in [2.05, 4.69) is 4.98 Å². The van der Waals surface area contributed by atoms with Gasteiger partial charge in [-0.1, -0.05) is 24.3 Å². The molecule has 6 heteroatoms. The fourth-order valence-corrected chi connectivity index (χ4v) is 3.36. The monoisotopic (exact) mass is 354 g/mol. The molecular weight excluding hydrogens is 332 g/mol. The van der Waals surface area contributed by atoms with Crippen molar-refractivity contribution in [2.45, 2.75) is 26.7 Å². The Morgan fingerprint density at radius 3 is 2.73 bits per heavy atom. The molecule has 136 valence electrons. The number of fused-ring (bicyclic) bond motifs is 3. The average molecular weight is 354 g/mol. The second-order valence-corrected chi connectivity index (χ2v) is 6.18. The van der Waals surface area contributed by atoms with Gasteiger partial charge in [0, 0.05) is 11.6 Å². The van der Waals surface area contributed by atoms with Crippen LogP contribution in [0.2, 0.25) is 0 Å². The fourth-order valence-electron chi connectivity index (χ4n) is 3.36. The molecule has 26 heavy (non-hydrogen) atoms. The first kappa shape index (κ1) is 17.9. The summed E-state index contributed by atoms with van der Waals surface area (Å²) in [5.74, 6) is -0.594. The van der Waals surface area contributed by atoms with Crippen molar-refractivity contribution in [1.29, 1.82) is 0 Å². The maximum atomic E-state index is 13.2. The van der Waals surface area contributed by atoms with Crippen LogP contribution < -0.4 is 9.64 Å². The van der Waals surface area contributed by atoms with Gasteiger partial charge in [0.2, 0.25) is 11.8 Å². The van der Waals surface area contributed by atoms with Crippen molar-refractivity contribution < 1.29 is 19.1 Å². The van der Waals surface area contributed by atoms with Crippen molar-refractivity contribution in [2.75, 3.05) is 25.2 Å². The number of benzene rings is 1. The van der Waals surface area contributed by atoms with Crippen LogP contribution in [0, 0.1) is 6.92 Å². The van der Waals surface area contributed by atoms with Gasteiger partial charge in [0.25, 0.3) is 0 Å². The Morgan fingerprint density at radius 2 is 2.04 bits per heavy atom. The number of anilines is 1. The van der Waals surface area contributed by atoms with Gasteiger partial charge < -0.3 is 9.47 Å². The SMILES string of the molecule is CCOC(=O)CN1C(=O)C(C)c2ccccc2-c2c1cc(OC)nc2C. The highest BCUT2D eigenvalue weighted by atomic mass is 16.5. The van der Waals surface area contributed by atoms with Crippen LogP contribution in [0.1, 0.15) is 31.0 Å². The lowest BCUT2D eigenvalue weighted by Gasteiger charge is -2.24. The van der Waals surface area contributed by atoms with Crippen molar-refractivity contribution in [3.8, 4) is 17.0 Å². The van der Waals surface area contributed by atoms with E-state index in [1.807, 2.05) is 38.1 Å². The molecule has 3 rings (SSSR count). The van der Waals surface area contributed by atoms with Gasteiger partial charge in [0.15, 0.2) is 0 Å². The second-order valence-electron chi connectivity index (χ2n) is 6.18. The van der Waals surface area contributed by atoms with E-state index in [0.717, 1.165) is 22.4 Å². The number of hydrogen-bond acceptors (Lipinski definition) is 5. The molecular formula is C20H22N2O4. The van der Waals surface area contributed by atoms with Crippen LogP contribution in [0.3, 0.4) is 0 Å². The molecule has 0 saturated heterocycles. The number of amides is 1. The number of hydrogen-bond donors (Lipinski definition) is 0. The minimum Gasteiger partial charge on any atom is -0.481 e. The summed E-state index contributed by atoms with van der Waals surface area (Å²) < 4.78 is 10.4. The smallest absolute Gasteiger partial charge is 0.326 e. The van der Waals surface area contributed by atoms with Crippen LogP contribution in [0.4, 0.5) is 5.69 Å². The molecule has 1 aliphatic rings. The number of pyridine rings is 1.